The Morgan fingerprint density at radius 3 is 2.92 bits per heavy atom. The molecule has 0 aliphatic carbocycles. The molecule has 1 aliphatic rings. The van der Waals surface area contributed by atoms with Gasteiger partial charge in [0.1, 0.15) is 0 Å². The lowest BCUT2D eigenvalue weighted by Crippen LogP contribution is -2.25. The van der Waals surface area contributed by atoms with Gasteiger partial charge in [0.15, 0.2) is 4.96 Å². The second-order valence-corrected chi connectivity index (χ2v) is 6.97. The van der Waals surface area contributed by atoms with Crippen molar-refractivity contribution < 1.29 is 4.79 Å². The Kier molecular flexibility index (Phi) is 4.32. The van der Waals surface area contributed by atoms with Crippen LogP contribution in [0.3, 0.4) is 0 Å². The highest BCUT2D eigenvalue weighted by Crippen LogP contribution is 2.17. The van der Waals surface area contributed by atoms with Gasteiger partial charge in [-0.15, -0.1) is 11.3 Å². The molecular formula is C18H20N4OS. The van der Waals surface area contributed by atoms with Gasteiger partial charge in [0.25, 0.3) is 0 Å². The van der Waals surface area contributed by atoms with Gasteiger partial charge in [-0.05, 0) is 17.5 Å². The van der Waals surface area contributed by atoms with E-state index in [0.717, 1.165) is 37.6 Å². The third-order valence-electron chi connectivity index (χ3n) is 4.50. The number of nitrogens with zero attached hydrogens (tertiary/aromatic N) is 3. The van der Waals surface area contributed by atoms with Gasteiger partial charge in [-0.3, -0.25) is 9.20 Å². The minimum Gasteiger partial charge on any atom is -0.338 e. The van der Waals surface area contributed by atoms with E-state index in [1.165, 1.54) is 16.8 Å². The zero-order chi connectivity index (χ0) is 16.4. The van der Waals surface area contributed by atoms with E-state index in [1.807, 2.05) is 22.5 Å². The van der Waals surface area contributed by atoms with E-state index in [2.05, 4.69) is 39.1 Å². The van der Waals surface area contributed by atoms with Crippen molar-refractivity contribution in [2.24, 2.45) is 0 Å². The molecule has 3 heterocycles. The number of fused-ring (bicyclic) bond motifs is 1. The van der Waals surface area contributed by atoms with Crippen molar-refractivity contribution in [3.8, 4) is 0 Å². The Morgan fingerprint density at radius 2 is 2.08 bits per heavy atom. The maximum Gasteiger partial charge on any atom is 0.222 e. The van der Waals surface area contributed by atoms with Crippen molar-refractivity contribution in [3.63, 3.8) is 0 Å². The number of carbonyl (C=O) groups is 1. The SMILES string of the molecule is O=C1CCCN1Cc1ccccc1CNCc1cnc2sccn12. The van der Waals surface area contributed by atoms with Gasteiger partial charge in [-0.1, -0.05) is 24.3 Å². The molecule has 0 unspecified atom stereocenters. The van der Waals surface area contributed by atoms with Crippen LogP contribution < -0.4 is 5.32 Å². The number of amides is 1. The first kappa shape index (κ1) is 15.4. The highest BCUT2D eigenvalue weighted by atomic mass is 32.1. The molecule has 124 valence electrons. The molecule has 1 fully saturated rings. The first-order chi connectivity index (χ1) is 11.8. The fourth-order valence-electron chi connectivity index (χ4n) is 3.19. The number of aromatic nitrogens is 2. The topological polar surface area (TPSA) is 49.6 Å². The maximum atomic E-state index is 11.9. The quantitative estimate of drug-likeness (QED) is 0.751. The first-order valence-electron chi connectivity index (χ1n) is 8.26. The normalized spacial score (nSPS) is 14.8. The van der Waals surface area contributed by atoms with Crippen molar-refractivity contribution in [1.82, 2.24) is 19.6 Å². The molecule has 0 atom stereocenters. The number of carbonyl (C=O) groups excluding carboxylic acids is 1. The van der Waals surface area contributed by atoms with E-state index in [0.29, 0.717) is 6.42 Å². The summed E-state index contributed by atoms with van der Waals surface area (Å²) < 4.78 is 2.12. The molecule has 2 aromatic heterocycles. The molecule has 1 saturated heterocycles. The Morgan fingerprint density at radius 1 is 1.21 bits per heavy atom. The van der Waals surface area contributed by atoms with Crippen molar-refractivity contribution in [2.45, 2.75) is 32.5 Å². The summed E-state index contributed by atoms with van der Waals surface area (Å²) in [4.78, 5) is 19.2. The Labute approximate surface area is 144 Å². The van der Waals surface area contributed by atoms with Crippen LogP contribution in [0, 0.1) is 0 Å². The summed E-state index contributed by atoms with van der Waals surface area (Å²) in [6.45, 7) is 3.16. The lowest BCUT2D eigenvalue weighted by molar-refractivity contribution is -0.128. The van der Waals surface area contributed by atoms with Gasteiger partial charge in [-0.2, -0.15) is 0 Å². The molecule has 5 nitrogen and oxygen atoms in total. The van der Waals surface area contributed by atoms with Gasteiger partial charge in [0.2, 0.25) is 5.91 Å². The molecule has 0 spiro atoms. The monoisotopic (exact) mass is 340 g/mol. The number of benzene rings is 1. The molecule has 6 heteroatoms. The summed E-state index contributed by atoms with van der Waals surface area (Å²) >= 11 is 1.64. The van der Waals surface area contributed by atoms with Crippen LogP contribution in [0.15, 0.2) is 42.0 Å². The molecule has 4 rings (SSSR count). The molecule has 0 radical (unpaired) electrons. The van der Waals surface area contributed by atoms with Gasteiger partial charge in [0, 0.05) is 44.2 Å². The minimum absolute atomic E-state index is 0.275. The summed E-state index contributed by atoms with van der Waals surface area (Å²) in [5.41, 5.74) is 3.65. The number of nitrogens with one attached hydrogen (secondary N) is 1. The second-order valence-electron chi connectivity index (χ2n) is 6.10. The smallest absolute Gasteiger partial charge is 0.222 e. The largest absolute Gasteiger partial charge is 0.338 e. The number of likely N-dealkylation sites (tertiary alicyclic amines) is 1. The van der Waals surface area contributed by atoms with Crippen molar-refractivity contribution in [2.75, 3.05) is 6.54 Å². The summed E-state index contributed by atoms with van der Waals surface area (Å²) in [7, 11) is 0. The van der Waals surface area contributed by atoms with Crippen LogP contribution >= 0.6 is 11.3 Å². The van der Waals surface area contributed by atoms with Crippen LogP contribution in [-0.4, -0.2) is 26.7 Å². The number of rotatable bonds is 6. The Hall–Kier alpha value is -2.18. The zero-order valence-corrected chi connectivity index (χ0v) is 14.3. The number of hydrogen-bond acceptors (Lipinski definition) is 4. The van der Waals surface area contributed by atoms with E-state index in [1.54, 1.807) is 11.3 Å². The fraction of sp³-hybridized carbons (Fsp3) is 0.333. The predicted molar refractivity (Wildman–Crippen MR) is 94.7 cm³/mol. The van der Waals surface area contributed by atoms with Crippen molar-refractivity contribution >= 4 is 22.2 Å². The summed E-state index contributed by atoms with van der Waals surface area (Å²) in [6, 6.07) is 8.37. The first-order valence-corrected chi connectivity index (χ1v) is 9.14. The number of hydrogen-bond donors (Lipinski definition) is 1. The second kappa shape index (κ2) is 6.75. The van der Waals surface area contributed by atoms with Crippen LogP contribution in [0.4, 0.5) is 0 Å². The number of thiazole rings is 1. The predicted octanol–water partition coefficient (Wildman–Crippen LogP) is 2.81. The molecule has 1 aromatic carbocycles. The van der Waals surface area contributed by atoms with Gasteiger partial charge in [-0.25, -0.2) is 4.98 Å². The highest BCUT2D eigenvalue weighted by Gasteiger charge is 2.20. The van der Waals surface area contributed by atoms with Crippen LogP contribution in [0.25, 0.3) is 4.96 Å². The molecule has 1 amide bonds. The van der Waals surface area contributed by atoms with Crippen LogP contribution in [0.2, 0.25) is 0 Å². The van der Waals surface area contributed by atoms with E-state index in [-0.39, 0.29) is 5.91 Å². The summed E-state index contributed by atoms with van der Waals surface area (Å²) in [5.74, 6) is 0.275. The van der Waals surface area contributed by atoms with Crippen LogP contribution in [-0.2, 0) is 24.4 Å². The molecule has 3 aromatic rings. The third kappa shape index (κ3) is 3.07. The lowest BCUT2D eigenvalue weighted by Gasteiger charge is -2.18. The van der Waals surface area contributed by atoms with Gasteiger partial charge >= 0.3 is 0 Å². The minimum atomic E-state index is 0.275. The fourth-order valence-corrected chi connectivity index (χ4v) is 3.90. The van der Waals surface area contributed by atoms with E-state index >= 15 is 0 Å². The van der Waals surface area contributed by atoms with Gasteiger partial charge in [0.05, 0.1) is 11.9 Å². The molecule has 1 aliphatic heterocycles. The van der Waals surface area contributed by atoms with Crippen LogP contribution in [0.1, 0.15) is 29.7 Å². The molecular weight excluding hydrogens is 320 g/mol. The molecule has 0 bridgehead atoms. The van der Waals surface area contributed by atoms with Gasteiger partial charge < -0.3 is 10.2 Å². The summed E-state index contributed by atoms with van der Waals surface area (Å²) in [5, 5.41) is 5.55. The Balaban J connectivity index is 1.41. The molecule has 0 saturated carbocycles. The third-order valence-corrected chi connectivity index (χ3v) is 5.27. The van der Waals surface area contributed by atoms with Crippen molar-refractivity contribution in [3.05, 3.63) is 58.9 Å². The standard InChI is InChI=1S/C18H20N4OS/c23-17-6-3-7-21(17)13-15-5-2-1-4-14(15)10-19-11-16-12-20-18-22(16)8-9-24-18/h1-2,4-5,8-9,12,19H,3,6-7,10-11,13H2. The van der Waals surface area contributed by atoms with E-state index in [9.17, 15) is 4.79 Å². The van der Waals surface area contributed by atoms with E-state index in [4.69, 9.17) is 0 Å². The highest BCUT2D eigenvalue weighted by molar-refractivity contribution is 7.15. The Bertz CT molecular complexity index is 853. The average Bonchev–Trinajstić information content (AvgIpc) is 3.29. The molecule has 1 N–H and O–H groups in total. The molecule has 24 heavy (non-hydrogen) atoms. The number of imidazole rings is 1. The van der Waals surface area contributed by atoms with Crippen LogP contribution in [0.5, 0.6) is 0 Å². The summed E-state index contributed by atoms with van der Waals surface area (Å²) in [6.07, 6.45) is 5.65. The lowest BCUT2D eigenvalue weighted by atomic mass is 10.1. The van der Waals surface area contributed by atoms with E-state index < -0.39 is 0 Å². The maximum absolute atomic E-state index is 11.9. The average molecular weight is 340 g/mol. The van der Waals surface area contributed by atoms with Crippen molar-refractivity contribution in [1.29, 1.82) is 0 Å². The zero-order valence-electron chi connectivity index (χ0n) is 13.4.